The number of carbonyl (C=O) groups excluding carboxylic acids is 1. The Morgan fingerprint density at radius 1 is 1.19 bits per heavy atom. The number of amides is 1. The molecule has 0 atom stereocenters. The first-order chi connectivity index (χ1) is 15.0. The molecule has 1 aromatic heterocycles. The van der Waals surface area contributed by atoms with E-state index in [1.165, 1.54) is 0 Å². The Morgan fingerprint density at radius 2 is 1.97 bits per heavy atom. The van der Waals surface area contributed by atoms with Crippen molar-refractivity contribution in [1.82, 2.24) is 9.88 Å². The predicted molar refractivity (Wildman–Crippen MR) is 121 cm³/mol. The summed E-state index contributed by atoms with van der Waals surface area (Å²) in [6.45, 7) is 5.86. The van der Waals surface area contributed by atoms with Gasteiger partial charge in [0.2, 0.25) is 5.91 Å². The molecule has 0 spiro atoms. The van der Waals surface area contributed by atoms with Crippen LogP contribution in [0.5, 0.6) is 11.5 Å². The fraction of sp³-hybridized carbons (Fsp3) is 0.333. The summed E-state index contributed by atoms with van der Waals surface area (Å²) in [7, 11) is 1.60. The van der Waals surface area contributed by atoms with Crippen molar-refractivity contribution in [1.29, 1.82) is 0 Å². The molecule has 2 N–H and O–H groups in total. The molecular weight excluding hydrogens is 394 g/mol. The molecule has 0 bridgehead atoms. The van der Waals surface area contributed by atoms with Crippen LogP contribution in [0.4, 0.5) is 5.69 Å². The lowest BCUT2D eigenvalue weighted by molar-refractivity contribution is -0.117. The fourth-order valence-corrected chi connectivity index (χ4v) is 4.04. The lowest BCUT2D eigenvalue weighted by atomic mass is 10.0. The van der Waals surface area contributed by atoms with E-state index in [2.05, 4.69) is 10.3 Å². The average molecular weight is 421 g/mol. The number of methoxy groups -OCH3 is 1. The van der Waals surface area contributed by atoms with Crippen LogP contribution in [0.25, 0.3) is 10.9 Å². The van der Waals surface area contributed by atoms with Gasteiger partial charge in [-0.25, -0.2) is 0 Å². The smallest absolute Gasteiger partial charge is 0.238 e. The highest BCUT2D eigenvalue weighted by Gasteiger charge is 2.23. The second-order valence-corrected chi connectivity index (χ2v) is 7.74. The molecule has 1 amide bonds. The second-order valence-electron chi connectivity index (χ2n) is 7.74. The highest BCUT2D eigenvalue weighted by atomic mass is 16.5. The molecule has 1 aliphatic rings. The topological polar surface area (TPSA) is 83.7 Å². The summed E-state index contributed by atoms with van der Waals surface area (Å²) in [6, 6.07) is 11.0. The highest BCUT2D eigenvalue weighted by molar-refractivity contribution is 5.92. The van der Waals surface area contributed by atoms with Gasteiger partial charge in [0.15, 0.2) is 5.43 Å². The molecular formula is C24H27N3O4. The van der Waals surface area contributed by atoms with Crippen LogP contribution in [0.3, 0.4) is 0 Å². The lowest BCUT2D eigenvalue weighted by Gasteiger charge is -2.28. The zero-order chi connectivity index (χ0) is 22.0. The minimum atomic E-state index is -0.109. The van der Waals surface area contributed by atoms with Gasteiger partial charge in [0.1, 0.15) is 11.5 Å². The van der Waals surface area contributed by atoms with E-state index in [9.17, 15) is 9.59 Å². The van der Waals surface area contributed by atoms with Gasteiger partial charge < -0.3 is 19.8 Å². The van der Waals surface area contributed by atoms with E-state index in [1.807, 2.05) is 49.1 Å². The van der Waals surface area contributed by atoms with Gasteiger partial charge >= 0.3 is 0 Å². The third-order valence-electron chi connectivity index (χ3n) is 5.58. The maximum absolute atomic E-state index is 13.2. The monoisotopic (exact) mass is 421 g/mol. The van der Waals surface area contributed by atoms with Gasteiger partial charge in [0.05, 0.1) is 25.8 Å². The van der Waals surface area contributed by atoms with Crippen molar-refractivity contribution in [2.75, 3.05) is 32.1 Å². The molecule has 0 saturated carbocycles. The number of anilines is 1. The molecule has 0 aliphatic carbocycles. The molecule has 0 fully saturated rings. The standard InChI is InChI=1S/C24H27N3O4/c1-4-31-17-7-5-16(6-8-17)25-22(28)14-27-10-9-21-20(13-27)24(29)19-12-18(30-3)11-15(2)23(19)26-21/h5-8,11-12H,4,9-10,13-14H2,1-3H3,(H,25,28)(H,26,29). The van der Waals surface area contributed by atoms with Gasteiger partial charge in [-0.2, -0.15) is 0 Å². The Balaban J connectivity index is 1.49. The number of ether oxygens (including phenoxy) is 2. The third-order valence-corrected chi connectivity index (χ3v) is 5.58. The Labute approximate surface area is 181 Å². The molecule has 1 aliphatic heterocycles. The number of hydrogen-bond donors (Lipinski definition) is 2. The SMILES string of the molecule is CCOc1ccc(NC(=O)CN2CCc3[nH]c4c(C)cc(OC)cc4c(=O)c3C2)cc1. The van der Waals surface area contributed by atoms with Crippen LogP contribution >= 0.6 is 0 Å². The second kappa shape index (κ2) is 8.81. The molecule has 0 unspecified atom stereocenters. The molecule has 0 radical (unpaired) electrons. The number of hydrogen-bond acceptors (Lipinski definition) is 5. The summed E-state index contributed by atoms with van der Waals surface area (Å²) < 4.78 is 10.8. The Kier molecular flexibility index (Phi) is 5.95. The number of fused-ring (bicyclic) bond motifs is 2. The van der Waals surface area contributed by atoms with Gasteiger partial charge in [-0.3, -0.25) is 14.5 Å². The van der Waals surface area contributed by atoms with Crippen LogP contribution in [-0.4, -0.2) is 42.6 Å². The van der Waals surface area contributed by atoms with Gasteiger partial charge in [-0.05, 0) is 55.8 Å². The average Bonchev–Trinajstić information content (AvgIpc) is 2.76. The van der Waals surface area contributed by atoms with Gasteiger partial charge in [-0.1, -0.05) is 0 Å². The molecule has 2 heterocycles. The van der Waals surface area contributed by atoms with E-state index < -0.39 is 0 Å². The quantitative estimate of drug-likeness (QED) is 0.638. The van der Waals surface area contributed by atoms with Crippen molar-refractivity contribution < 1.29 is 14.3 Å². The highest BCUT2D eigenvalue weighted by Crippen LogP contribution is 2.25. The zero-order valence-electron chi connectivity index (χ0n) is 18.1. The number of aromatic nitrogens is 1. The van der Waals surface area contributed by atoms with E-state index in [4.69, 9.17) is 9.47 Å². The van der Waals surface area contributed by atoms with Crippen molar-refractivity contribution in [3.63, 3.8) is 0 Å². The largest absolute Gasteiger partial charge is 0.497 e. The van der Waals surface area contributed by atoms with Crippen LogP contribution in [0.1, 0.15) is 23.7 Å². The van der Waals surface area contributed by atoms with Crippen molar-refractivity contribution >= 4 is 22.5 Å². The number of nitrogens with one attached hydrogen (secondary N) is 2. The van der Waals surface area contributed by atoms with Crippen LogP contribution in [0.2, 0.25) is 0 Å². The van der Waals surface area contributed by atoms with Crippen LogP contribution in [-0.2, 0) is 17.8 Å². The van der Waals surface area contributed by atoms with E-state index in [1.54, 1.807) is 13.2 Å². The van der Waals surface area contributed by atoms with Gasteiger partial charge in [0.25, 0.3) is 0 Å². The molecule has 4 rings (SSSR count). The van der Waals surface area contributed by atoms with Gasteiger partial charge in [-0.15, -0.1) is 0 Å². The summed E-state index contributed by atoms with van der Waals surface area (Å²) >= 11 is 0. The maximum Gasteiger partial charge on any atom is 0.238 e. The van der Waals surface area contributed by atoms with Crippen molar-refractivity contribution in [2.45, 2.75) is 26.8 Å². The summed E-state index contributed by atoms with van der Waals surface area (Å²) in [5.74, 6) is 1.33. The Morgan fingerprint density at radius 3 is 2.68 bits per heavy atom. The number of pyridine rings is 1. The Bertz CT molecular complexity index is 1170. The first-order valence-electron chi connectivity index (χ1n) is 10.5. The molecule has 162 valence electrons. The number of H-pyrrole nitrogens is 1. The number of nitrogens with zero attached hydrogens (tertiary/aromatic N) is 1. The third kappa shape index (κ3) is 4.41. The van der Waals surface area contributed by atoms with Crippen molar-refractivity contribution in [2.24, 2.45) is 0 Å². The minimum Gasteiger partial charge on any atom is -0.497 e. The first-order valence-corrected chi connectivity index (χ1v) is 10.5. The Hall–Kier alpha value is -3.32. The van der Waals surface area contributed by atoms with Crippen LogP contribution in [0.15, 0.2) is 41.2 Å². The van der Waals surface area contributed by atoms with E-state index in [-0.39, 0.29) is 17.9 Å². The number of benzene rings is 2. The zero-order valence-corrected chi connectivity index (χ0v) is 18.1. The number of rotatable bonds is 6. The summed E-state index contributed by atoms with van der Waals surface area (Å²) in [5.41, 5.74) is 4.23. The predicted octanol–water partition coefficient (Wildman–Crippen LogP) is 3.24. The van der Waals surface area contributed by atoms with E-state index in [0.717, 1.165) is 33.8 Å². The molecule has 3 aromatic rings. The lowest BCUT2D eigenvalue weighted by Crippen LogP contribution is -2.39. The first kappa shape index (κ1) is 20.9. The molecule has 7 nitrogen and oxygen atoms in total. The van der Waals surface area contributed by atoms with E-state index in [0.29, 0.717) is 37.3 Å². The fourth-order valence-electron chi connectivity index (χ4n) is 4.04. The normalized spacial score (nSPS) is 13.6. The summed E-state index contributed by atoms with van der Waals surface area (Å²) in [5, 5.41) is 3.53. The molecule has 0 saturated heterocycles. The molecule has 31 heavy (non-hydrogen) atoms. The number of aryl methyl sites for hydroxylation is 1. The van der Waals surface area contributed by atoms with Crippen LogP contribution < -0.4 is 20.2 Å². The van der Waals surface area contributed by atoms with Crippen molar-refractivity contribution in [3.8, 4) is 11.5 Å². The number of aromatic amines is 1. The molecule has 7 heteroatoms. The maximum atomic E-state index is 13.2. The van der Waals surface area contributed by atoms with Crippen molar-refractivity contribution in [3.05, 3.63) is 63.4 Å². The molecule has 2 aromatic carbocycles. The van der Waals surface area contributed by atoms with Gasteiger partial charge in [0, 0.05) is 41.8 Å². The number of carbonyl (C=O) groups is 1. The van der Waals surface area contributed by atoms with E-state index >= 15 is 0 Å². The summed E-state index contributed by atoms with van der Waals surface area (Å²) in [6.07, 6.45) is 0.697. The van der Waals surface area contributed by atoms with Crippen LogP contribution in [0, 0.1) is 6.92 Å². The summed E-state index contributed by atoms with van der Waals surface area (Å²) in [4.78, 5) is 31.2. The minimum absolute atomic E-state index is 0.00220.